The van der Waals surface area contributed by atoms with Crippen molar-refractivity contribution in [3.63, 3.8) is 0 Å². The number of hydrogen-bond acceptors (Lipinski definition) is 5. The van der Waals surface area contributed by atoms with E-state index in [1.165, 1.54) is 212 Å². The molecule has 0 heterocycles. The van der Waals surface area contributed by atoms with Crippen LogP contribution in [0.4, 0.5) is 0 Å². The molecule has 1 amide bonds. The van der Waals surface area contributed by atoms with E-state index in [-0.39, 0.29) is 0 Å². The summed E-state index contributed by atoms with van der Waals surface area (Å²) in [5.74, 6) is -0.593. The van der Waals surface area contributed by atoms with Crippen LogP contribution in [-0.2, 0) is 4.79 Å². The topological polar surface area (TPSA) is 110 Å². The zero-order chi connectivity index (χ0) is 41.0. The van der Waals surface area contributed by atoms with E-state index in [9.17, 15) is 25.2 Å². The molecule has 0 radical (unpaired) electrons. The van der Waals surface area contributed by atoms with Crippen molar-refractivity contribution in [3.8, 4) is 0 Å². The SMILES string of the molecule is CCCCCCCCCCCCCCCCCCCC/C=C\CCCCCCCCCCCCCCCCCCC(O)C(=O)NC(CO)C(O)C(O)CCCC. The number of rotatable bonds is 46. The standard InChI is InChI=1S/C50H99NO5/c1-3-5-7-8-9-10-11-12-13-14-15-16-17-18-19-20-21-22-23-24-25-26-27-28-29-30-31-32-33-34-35-36-37-38-39-40-41-42-44-48(54)50(56)51-46(45-52)49(55)47(53)43-6-4-2/h24-25,46-49,52-55H,3-23,26-45H2,1-2H3,(H,51,56)/b25-24-. The molecule has 0 aromatic rings. The van der Waals surface area contributed by atoms with Gasteiger partial charge in [0.2, 0.25) is 5.91 Å². The summed E-state index contributed by atoms with van der Waals surface area (Å²) >= 11 is 0. The minimum atomic E-state index is -1.25. The van der Waals surface area contributed by atoms with Crippen molar-refractivity contribution in [2.24, 2.45) is 0 Å². The minimum absolute atomic E-state index is 0.371. The molecule has 0 aromatic heterocycles. The molecule has 0 aliphatic rings. The maximum absolute atomic E-state index is 12.3. The van der Waals surface area contributed by atoms with E-state index < -0.39 is 36.9 Å². The van der Waals surface area contributed by atoms with Gasteiger partial charge in [-0.1, -0.05) is 244 Å². The van der Waals surface area contributed by atoms with Crippen LogP contribution in [0.1, 0.15) is 271 Å². The molecular formula is C50H99NO5. The highest BCUT2D eigenvalue weighted by Gasteiger charge is 2.28. The number of allylic oxidation sites excluding steroid dienone is 2. The Balaban J connectivity index is 3.35. The van der Waals surface area contributed by atoms with E-state index in [2.05, 4.69) is 24.4 Å². The van der Waals surface area contributed by atoms with Crippen molar-refractivity contribution in [1.82, 2.24) is 5.32 Å². The number of carbonyl (C=O) groups excluding carboxylic acids is 1. The van der Waals surface area contributed by atoms with Crippen LogP contribution in [-0.4, -0.2) is 57.3 Å². The maximum atomic E-state index is 12.3. The monoisotopic (exact) mass is 794 g/mol. The second-order valence-electron chi connectivity index (χ2n) is 17.5. The molecule has 0 saturated heterocycles. The first-order chi connectivity index (χ1) is 27.5. The lowest BCUT2D eigenvalue weighted by atomic mass is 10.0. The highest BCUT2D eigenvalue weighted by atomic mass is 16.3. The van der Waals surface area contributed by atoms with Crippen molar-refractivity contribution in [3.05, 3.63) is 12.2 Å². The Morgan fingerprint density at radius 1 is 0.429 bits per heavy atom. The normalized spacial score (nSPS) is 14.0. The van der Waals surface area contributed by atoms with Gasteiger partial charge < -0.3 is 25.7 Å². The van der Waals surface area contributed by atoms with E-state index in [4.69, 9.17) is 0 Å². The van der Waals surface area contributed by atoms with E-state index >= 15 is 0 Å². The van der Waals surface area contributed by atoms with Gasteiger partial charge in [0.25, 0.3) is 0 Å². The zero-order valence-corrected chi connectivity index (χ0v) is 37.7. The van der Waals surface area contributed by atoms with Crippen LogP contribution in [0.3, 0.4) is 0 Å². The molecule has 4 atom stereocenters. The lowest BCUT2D eigenvalue weighted by Gasteiger charge is -2.27. The molecular weight excluding hydrogens is 695 g/mol. The van der Waals surface area contributed by atoms with Gasteiger partial charge in [0.1, 0.15) is 12.2 Å². The number of carbonyl (C=O) groups is 1. The van der Waals surface area contributed by atoms with E-state index in [1.54, 1.807) is 0 Å². The van der Waals surface area contributed by atoms with Crippen LogP contribution < -0.4 is 5.32 Å². The molecule has 0 fully saturated rings. The van der Waals surface area contributed by atoms with Crippen molar-refractivity contribution >= 4 is 5.91 Å². The molecule has 0 aliphatic carbocycles. The van der Waals surface area contributed by atoms with Crippen LogP contribution in [0.5, 0.6) is 0 Å². The average molecular weight is 794 g/mol. The fourth-order valence-electron chi connectivity index (χ4n) is 7.98. The van der Waals surface area contributed by atoms with Gasteiger partial charge in [-0.15, -0.1) is 0 Å². The third kappa shape index (κ3) is 38.6. The quantitative estimate of drug-likeness (QED) is 0.0311. The molecule has 6 heteroatoms. The number of aliphatic hydroxyl groups is 4. The van der Waals surface area contributed by atoms with Crippen LogP contribution in [0, 0.1) is 0 Å². The predicted molar refractivity (Wildman–Crippen MR) is 242 cm³/mol. The van der Waals surface area contributed by atoms with E-state index in [0.717, 1.165) is 32.1 Å². The fourth-order valence-corrected chi connectivity index (χ4v) is 7.98. The first-order valence-corrected chi connectivity index (χ1v) is 25.1. The number of nitrogens with one attached hydrogen (secondary N) is 1. The Morgan fingerprint density at radius 2 is 0.732 bits per heavy atom. The Labute approximate surface area is 349 Å². The van der Waals surface area contributed by atoms with Crippen molar-refractivity contribution in [2.45, 2.75) is 295 Å². The Hall–Kier alpha value is -0.950. The van der Waals surface area contributed by atoms with Gasteiger partial charge in [0, 0.05) is 0 Å². The van der Waals surface area contributed by atoms with Crippen LogP contribution in [0.25, 0.3) is 0 Å². The number of aliphatic hydroxyl groups excluding tert-OH is 4. The summed E-state index contributed by atoms with van der Waals surface area (Å²) in [6.07, 6.45) is 52.9. The minimum Gasteiger partial charge on any atom is -0.394 e. The Kier molecular flexibility index (Phi) is 44.4. The number of hydrogen-bond donors (Lipinski definition) is 5. The molecule has 5 N–H and O–H groups in total. The Morgan fingerprint density at radius 3 is 1.05 bits per heavy atom. The summed E-state index contributed by atoms with van der Waals surface area (Å²) in [5.41, 5.74) is 0. The van der Waals surface area contributed by atoms with Gasteiger partial charge in [0.15, 0.2) is 0 Å². The molecule has 0 aliphatic heterocycles. The number of unbranched alkanes of at least 4 members (excludes halogenated alkanes) is 35. The van der Waals surface area contributed by atoms with Gasteiger partial charge >= 0.3 is 0 Å². The summed E-state index contributed by atoms with van der Waals surface area (Å²) in [6.45, 7) is 3.81. The first kappa shape index (κ1) is 55.0. The van der Waals surface area contributed by atoms with E-state index in [0.29, 0.717) is 12.8 Å². The highest BCUT2D eigenvalue weighted by molar-refractivity contribution is 5.80. The summed E-state index contributed by atoms with van der Waals surface area (Å²) in [6, 6.07) is -0.977. The predicted octanol–water partition coefficient (Wildman–Crippen LogP) is 13.7. The molecule has 0 saturated carbocycles. The third-order valence-corrected chi connectivity index (χ3v) is 12.0. The van der Waals surface area contributed by atoms with Crippen molar-refractivity contribution < 1.29 is 25.2 Å². The third-order valence-electron chi connectivity index (χ3n) is 12.0. The first-order valence-electron chi connectivity index (χ1n) is 25.1. The molecule has 6 nitrogen and oxygen atoms in total. The molecule has 0 spiro atoms. The molecule has 0 aromatic carbocycles. The second kappa shape index (κ2) is 45.1. The Bertz CT molecular complexity index is 806. The van der Waals surface area contributed by atoms with Crippen molar-refractivity contribution in [1.29, 1.82) is 0 Å². The molecule has 0 rings (SSSR count). The molecule has 4 unspecified atom stereocenters. The summed E-state index contributed by atoms with van der Waals surface area (Å²) in [4.78, 5) is 12.3. The average Bonchev–Trinajstić information content (AvgIpc) is 3.20. The lowest BCUT2D eigenvalue weighted by Crippen LogP contribution is -2.53. The maximum Gasteiger partial charge on any atom is 0.249 e. The fraction of sp³-hybridized carbons (Fsp3) is 0.940. The molecule has 0 bridgehead atoms. The number of amides is 1. The van der Waals surface area contributed by atoms with Crippen molar-refractivity contribution in [2.75, 3.05) is 6.61 Å². The van der Waals surface area contributed by atoms with Gasteiger partial charge in [-0.2, -0.15) is 0 Å². The van der Waals surface area contributed by atoms with Crippen LogP contribution in [0.2, 0.25) is 0 Å². The van der Waals surface area contributed by atoms with Gasteiger partial charge in [-0.25, -0.2) is 0 Å². The van der Waals surface area contributed by atoms with Gasteiger partial charge in [0.05, 0.1) is 18.8 Å². The van der Waals surface area contributed by atoms with Crippen LogP contribution >= 0.6 is 0 Å². The molecule has 334 valence electrons. The zero-order valence-electron chi connectivity index (χ0n) is 37.7. The van der Waals surface area contributed by atoms with Gasteiger partial charge in [-0.3, -0.25) is 4.79 Å². The van der Waals surface area contributed by atoms with Crippen LogP contribution in [0.15, 0.2) is 12.2 Å². The largest absolute Gasteiger partial charge is 0.394 e. The van der Waals surface area contributed by atoms with Gasteiger partial charge in [-0.05, 0) is 38.5 Å². The summed E-state index contributed by atoms with van der Waals surface area (Å²) in [5, 5.41) is 42.6. The van der Waals surface area contributed by atoms with E-state index in [1.807, 2.05) is 6.92 Å². The second-order valence-corrected chi connectivity index (χ2v) is 17.5. The summed E-state index contributed by atoms with van der Waals surface area (Å²) < 4.78 is 0. The highest BCUT2D eigenvalue weighted by Crippen LogP contribution is 2.17. The summed E-state index contributed by atoms with van der Waals surface area (Å²) in [7, 11) is 0. The lowest BCUT2D eigenvalue weighted by molar-refractivity contribution is -0.132. The molecule has 56 heavy (non-hydrogen) atoms. The smallest absolute Gasteiger partial charge is 0.249 e.